The predicted molar refractivity (Wildman–Crippen MR) is 148 cm³/mol. The van der Waals surface area contributed by atoms with E-state index >= 15 is 0 Å². The second-order valence-electron chi connectivity index (χ2n) is 12.2. The van der Waals surface area contributed by atoms with Crippen molar-refractivity contribution in [2.45, 2.75) is 77.0 Å². The van der Waals surface area contributed by atoms with Crippen LogP contribution in [0.3, 0.4) is 0 Å². The van der Waals surface area contributed by atoms with Gasteiger partial charge < -0.3 is 33.3 Å². The number of nitrogens with zero attached hydrogens (tertiary/aromatic N) is 1. The molecule has 1 saturated carbocycles. The van der Waals surface area contributed by atoms with Crippen molar-refractivity contribution in [2.75, 3.05) is 47.6 Å². The number of likely N-dealkylation sites (tertiary alicyclic amines) is 1. The zero-order valence-corrected chi connectivity index (χ0v) is 25.0. The van der Waals surface area contributed by atoms with Gasteiger partial charge in [-0.05, 0) is 70.1 Å². The van der Waals surface area contributed by atoms with Crippen LogP contribution in [0.2, 0.25) is 0 Å². The summed E-state index contributed by atoms with van der Waals surface area (Å²) < 4.78 is 35.0. The van der Waals surface area contributed by atoms with Gasteiger partial charge in [-0.25, -0.2) is 4.79 Å². The van der Waals surface area contributed by atoms with Gasteiger partial charge in [0.25, 0.3) is 0 Å². The molecule has 40 heavy (non-hydrogen) atoms. The molecule has 1 aliphatic carbocycles. The van der Waals surface area contributed by atoms with E-state index < -0.39 is 22.8 Å². The first-order valence-corrected chi connectivity index (χ1v) is 14.2. The number of esters is 1. The van der Waals surface area contributed by atoms with Crippen molar-refractivity contribution in [1.82, 2.24) is 10.2 Å². The Bertz CT molecular complexity index is 1020. The quantitative estimate of drug-likeness (QED) is 0.356. The number of rotatable bonds is 9. The molecule has 2 saturated heterocycles. The summed E-state index contributed by atoms with van der Waals surface area (Å²) in [5, 5.41) is 3.53. The summed E-state index contributed by atoms with van der Waals surface area (Å²) in [7, 11) is 4.93. The lowest BCUT2D eigenvalue weighted by atomic mass is 9.54. The van der Waals surface area contributed by atoms with Crippen molar-refractivity contribution in [2.24, 2.45) is 17.3 Å². The van der Waals surface area contributed by atoms with Crippen molar-refractivity contribution in [3.8, 4) is 5.75 Å². The highest BCUT2D eigenvalue weighted by molar-refractivity contribution is 5.77. The second kappa shape index (κ2) is 12.2. The Morgan fingerprint density at radius 3 is 2.38 bits per heavy atom. The molecule has 3 fully saturated rings. The summed E-state index contributed by atoms with van der Waals surface area (Å²) in [6, 6.07) is 6.97. The molecule has 1 spiro atoms. The summed E-state index contributed by atoms with van der Waals surface area (Å²) in [6.07, 6.45) is 1.50. The fraction of sp³-hybridized carbons (Fsp3) is 0.733. The fourth-order valence-corrected chi connectivity index (χ4v) is 7.06. The first kappa shape index (κ1) is 30.6. The zero-order chi connectivity index (χ0) is 29.1. The van der Waals surface area contributed by atoms with E-state index in [9.17, 15) is 9.59 Å². The normalized spacial score (nSPS) is 29.3. The molecule has 2 heterocycles. The Hall–Kier alpha value is -2.40. The van der Waals surface area contributed by atoms with Gasteiger partial charge in [0.05, 0.1) is 33.0 Å². The van der Waals surface area contributed by atoms with E-state index in [-0.39, 0.29) is 29.9 Å². The van der Waals surface area contributed by atoms with Crippen molar-refractivity contribution in [3.05, 3.63) is 29.8 Å². The van der Waals surface area contributed by atoms with Crippen LogP contribution in [0, 0.1) is 17.3 Å². The van der Waals surface area contributed by atoms with Crippen LogP contribution in [0.1, 0.15) is 52.5 Å². The van der Waals surface area contributed by atoms with Crippen LogP contribution < -0.4 is 10.1 Å². The topological polar surface area (TPSA) is 105 Å². The van der Waals surface area contributed by atoms with Gasteiger partial charge in [0.15, 0.2) is 5.79 Å². The monoisotopic (exact) mass is 562 g/mol. The number of nitrogens with one attached hydrogen (secondary N) is 1. The highest BCUT2D eigenvalue weighted by atomic mass is 16.7. The molecule has 4 rings (SSSR count). The maximum absolute atomic E-state index is 13.2. The van der Waals surface area contributed by atoms with E-state index in [1.165, 1.54) is 0 Å². The largest absolute Gasteiger partial charge is 0.497 e. The molecule has 1 amide bonds. The summed E-state index contributed by atoms with van der Waals surface area (Å²) in [4.78, 5) is 28.0. The van der Waals surface area contributed by atoms with Gasteiger partial charge >= 0.3 is 12.1 Å². The van der Waals surface area contributed by atoms with Crippen LogP contribution in [-0.4, -0.2) is 88.1 Å². The maximum atomic E-state index is 13.2. The molecule has 0 aromatic heterocycles. The maximum Gasteiger partial charge on any atom is 0.410 e. The van der Waals surface area contributed by atoms with E-state index in [0.717, 1.165) is 17.7 Å². The number of carbonyl (C=O) groups is 2. The SMILES string of the molecule is CCOC(=O)[C@@H]1C[C@]23CN(C(=O)OC(C)(C)C)CC[C@H]2[C@@H](COCc2ccc(OC)cc2)CC(OC)(OC)[C@@H]3N1. The van der Waals surface area contributed by atoms with Crippen molar-refractivity contribution < 1.29 is 38.0 Å². The number of amides is 1. The number of hydrogen-bond acceptors (Lipinski definition) is 9. The molecule has 0 radical (unpaired) electrons. The number of piperidine rings is 1. The van der Waals surface area contributed by atoms with Gasteiger partial charge in [-0.15, -0.1) is 0 Å². The van der Waals surface area contributed by atoms with Gasteiger partial charge in [-0.3, -0.25) is 10.1 Å². The summed E-state index contributed by atoms with van der Waals surface area (Å²) in [6.45, 7) is 9.64. The minimum atomic E-state index is -1.01. The van der Waals surface area contributed by atoms with Gasteiger partial charge in [-0.1, -0.05) is 12.1 Å². The molecule has 2 aliphatic heterocycles. The zero-order valence-electron chi connectivity index (χ0n) is 25.0. The molecular formula is C30H46N2O8. The molecule has 1 aromatic rings. The van der Waals surface area contributed by atoms with Crippen LogP contribution in [-0.2, 0) is 35.1 Å². The van der Waals surface area contributed by atoms with E-state index in [2.05, 4.69) is 5.32 Å². The third-order valence-electron chi connectivity index (χ3n) is 8.69. The Labute approximate surface area is 237 Å². The van der Waals surface area contributed by atoms with Crippen molar-refractivity contribution >= 4 is 12.1 Å². The molecule has 3 aliphatic rings. The summed E-state index contributed by atoms with van der Waals surface area (Å²) in [5.74, 6) is -0.262. The average Bonchev–Trinajstić information content (AvgIpc) is 3.31. The third-order valence-corrected chi connectivity index (χ3v) is 8.69. The number of carbonyl (C=O) groups excluding carboxylic acids is 2. The minimum Gasteiger partial charge on any atom is -0.497 e. The highest BCUT2D eigenvalue weighted by Crippen LogP contribution is 2.58. The van der Waals surface area contributed by atoms with Gasteiger partial charge in [0.2, 0.25) is 0 Å². The number of hydrogen-bond donors (Lipinski definition) is 1. The van der Waals surface area contributed by atoms with E-state index in [4.69, 9.17) is 28.4 Å². The van der Waals surface area contributed by atoms with Crippen LogP contribution in [0.25, 0.3) is 0 Å². The van der Waals surface area contributed by atoms with Crippen LogP contribution >= 0.6 is 0 Å². The standard InChI is InChI=1S/C30H46N2O8/c1-8-39-25(33)24-16-29-19-32(27(34)40-28(2,3)4)14-13-23(29)21(15-30(36-6,37-7)26(29)31-24)18-38-17-20-9-11-22(35-5)12-10-20/h9-12,21,23-24,26,31H,8,13-19H2,1-7H3/t21-,23+,24+,26-,29+/m1/s1. The molecule has 0 bridgehead atoms. The molecular weight excluding hydrogens is 516 g/mol. The predicted octanol–water partition coefficient (Wildman–Crippen LogP) is 3.76. The first-order valence-electron chi connectivity index (χ1n) is 14.2. The van der Waals surface area contributed by atoms with Crippen molar-refractivity contribution in [1.29, 1.82) is 0 Å². The summed E-state index contributed by atoms with van der Waals surface area (Å²) in [5.41, 5.74) is -0.0662. The Morgan fingerprint density at radius 1 is 1.07 bits per heavy atom. The van der Waals surface area contributed by atoms with E-state index in [1.54, 1.807) is 33.2 Å². The molecule has 224 valence electrons. The molecule has 10 heteroatoms. The van der Waals surface area contributed by atoms with Gasteiger partial charge in [0.1, 0.15) is 17.4 Å². The average molecular weight is 563 g/mol. The number of methoxy groups -OCH3 is 3. The van der Waals surface area contributed by atoms with Crippen LogP contribution in [0.15, 0.2) is 24.3 Å². The Kier molecular flexibility index (Phi) is 9.34. The van der Waals surface area contributed by atoms with Gasteiger partial charge in [-0.2, -0.15) is 0 Å². The molecule has 10 nitrogen and oxygen atoms in total. The lowest BCUT2D eigenvalue weighted by Crippen LogP contribution is -2.70. The highest BCUT2D eigenvalue weighted by Gasteiger charge is 2.68. The fourth-order valence-electron chi connectivity index (χ4n) is 7.06. The minimum absolute atomic E-state index is 0.0814. The van der Waals surface area contributed by atoms with Gasteiger partial charge in [0, 0.05) is 39.1 Å². The Morgan fingerprint density at radius 2 is 1.77 bits per heavy atom. The number of ether oxygens (including phenoxy) is 6. The van der Waals surface area contributed by atoms with E-state index in [1.807, 2.05) is 45.0 Å². The smallest absolute Gasteiger partial charge is 0.410 e. The van der Waals surface area contributed by atoms with Crippen molar-refractivity contribution in [3.63, 3.8) is 0 Å². The molecule has 1 aromatic carbocycles. The molecule has 5 atom stereocenters. The summed E-state index contributed by atoms with van der Waals surface area (Å²) >= 11 is 0. The first-order chi connectivity index (χ1) is 19.0. The lowest BCUT2D eigenvalue weighted by Gasteiger charge is -2.59. The Balaban J connectivity index is 1.63. The third kappa shape index (κ3) is 6.10. The van der Waals surface area contributed by atoms with E-state index in [0.29, 0.717) is 45.8 Å². The second-order valence-corrected chi connectivity index (χ2v) is 12.2. The van der Waals surface area contributed by atoms with Crippen LogP contribution in [0.4, 0.5) is 4.79 Å². The lowest BCUT2D eigenvalue weighted by molar-refractivity contribution is -0.284. The molecule has 1 N–H and O–H groups in total. The number of benzene rings is 1. The molecule has 0 unspecified atom stereocenters. The van der Waals surface area contributed by atoms with Crippen LogP contribution in [0.5, 0.6) is 5.75 Å².